The fraction of sp³-hybridized carbons (Fsp3) is 0.897. The van der Waals surface area contributed by atoms with Crippen LogP contribution in [0.4, 0.5) is 0 Å². The number of nitrogens with zero attached hydrogens (tertiary/aromatic N) is 2. The molecule has 0 radical (unpaired) electrons. The van der Waals surface area contributed by atoms with E-state index in [9.17, 15) is 9.70 Å². The van der Waals surface area contributed by atoms with Gasteiger partial charge in [0.1, 0.15) is 6.10 Å². The molecule has 4 aliphatic carbocycles. The van der Waals surface area contributed by atoms with Crippen molar-refractivity contribution in [2.45, 2.75) is 110 Å². The monoisotopic (exact) mass is 484 g/mol. The highest BCUT2D eigenvalue weighted by molar-refractivity contribution is 5.66. The number of piperidine rings is 1. The van der Waals surface area contributed by atoms with E-state index in [1.54, 1.807) is 10.6 Å². The third-order valence-electron chi connectivity index (χ3n) is 12.1. The average Bonchev–Trinajstić information content (AvgIpc) is 3.26. The highest BCUT2D eigenvalue weighted by Gasteiger charge is 2.69. The van der Waals surface area contributed by atoms with Crippen LogP contribution in [0.15, 0.2) is 16.9 Å². The highest BCUT2D eigenvalue weighted by Crippen LogP contribution is 2.70. The molecule has 194 valence electrons. The second-order valence-corrected chi connectivity index (χ2v) is 13.6. The molecule has 6 aliphatic rings. The van der Waals surface area contributed by atoms with Crippen molar-refractivity contribution < 1.29 is 14.3 Å². The van der Waals surface area contributed by atoms with Gasteiger partial charge in [-0.1, -0.05) is 39.3 Å². The predicted molar refractivity (Wildman–Crippen MR) is 134 cm³/mol. The number of ether oxygens (including phenoxy) is 2. The molecule has 0 aromatic heterocycles. The van der Waals surface area contributed by atoms with Crippen LogP contribution in [0.5, 0.6) is 0 Å². The maximum Gasteiger partial charge on any atom is 0.302 e. The summed E-state index contributed by atoms with van der Waals surface area (Å²) in [6.45, 7) is 11.9. The van der Waals surface area contributed by atoms with Gasteiger partial charge in [0, 0.05) is 25.8 Å². The molecule has 0 bridgehead atoms. The van der Waals surface area contributed by atoms with Crippen molar-refractivity contribution in [3.63, 3.8) is 0 Å². The number of rotatable bonds is 2. The molecular formula is C29H44N2O4. The van der Waals surface area contributed by atoms with Crippen molar-refractivity contribution in [1.29, 1.82) is 0 Å². The highest BCUT2D eigenvalue weighted by atomic mass is 16.5. The van der Waals surface area contributed by atoms with Crippen LogP contribution in [-0.2, 0) is 14.3 Å². The van der Waals surface area contributed by atoms with Crippen molar-refractivity contribution in [2.75, 3.05) is 6.54 Å². The van der Waals surface area contributed by atoms with Crippen molar-refractivity contribution >= 4 is 5.97 Å². The molecule has 11 atom stereocenters. The van der Waals surface area contributed by atoms with E-state index in [-0.39, 0.29) is 29.0 Å². The summed E-state index contributed by atoms with van der Waals surface area (Å²) in [6.07, 6.45) is 12.7. The van der Waals surface area contributed by atoms with Gasteiger partial charge < -0.3 is 9.47 Å². The van der Waals surface area contributed by atoms with Gasteiger partial charge in [-0.05, 0) is 91.8 Å². The zero-order valence-electron chi connectivity index (χ0n) is 22.3. The van der Waals surface area contributed by atoms with Crippen LogP contribution in [-0.4, -0.2) is 35.5 Å². The maximum atomic E-state index is 11.9. The standard InChI is InChI=1S/C29H44N2O4/c1-17-8-13-29(31(16-17)30-33)18(2)26-25(35-29)15-24-22-7-6-20-14-21(34-19(3)32)9-11-27(20,4)23(22)10-12-28(24,26)5/h6,17-18,21-26H,7-16H2,1-5H3/t17-,18+,21+,22-,23+,24-,25-,26-,27-,28-,29+/m0/s1. The Balaban J connectivity index is 1.25. The van der Waals surface area contributed by atoms with Crippen molar-refractivity contribution in [1.82, 2.24) is 5.01 Å². The van der Waals surface area contributed by atoms with Crippen molar-refractivity contribution in [2.24, 2.45) is 51.6 Å². The smallest absolute Gasteiger partial charge is 0.302 e. The molecule has 5 fully saturated rings. The van der Waals surface area contributed by atoms with Crippen LogP contribution in [0.2, 0.25) is 0 Å². The van der Waals surface area contributed by atoms with Gasteiger partial charge in [-0.2, -0.15) is 0 Å². The quantitative estimate of drug-likeness (QED) is 0.263. The van der Waals surface area contributed by atoms with E-state index in [4.69, 9.17) is 9.47 Å². The topological polar surface area (TPSA) is 68.2 Å². The Morgan fingerprint density at radius 2 is 1.94 bits per heavy atom. The minimum absolute atomic E-state index is 0.0566. The molecule has 0 unspecified atom stereocenters. The van der Waals surface area contributed by atoms with E-state index in [0.29, 0.717) is 35.5 Å². The number of carbonyl (C=O) groups is 1. The van der Waals surface area contributed by atoms with Gasteiger partial charge in [0.15, 0.2) is 5.72 Å². The summed E-state index contributed by atoms with van der Waals surface area (Å²) in [4.78, 5) is 23.4. The summed E-state index contributed by atoms with van der Waals surface area (Å²) >= 11 is 0. The Kier molecular flexibility index (Phi) is 5.49. The molecule has 6 rings (SSSR count). The Labute approximate surface area is 210 Å². The third-order valence-corrected chi connectivity index (χ3v) is 12.1. The third kappa shape index (κ3) is 3.26. The molecular weight excluding hydrogens is 440 g/mol. The van der Waals surface area contributed by atoms with Crippen molar-refractivity contribution in [3.8, 4) is 0 Å². The molecule has 2 heterocycles. The van der Waals surface area contributed by atoms with Gasteiger partial charge in [-0.3, -0.25) is 4.79 Å². The number of esters is 1. The number of allylic oxidation sites excluding steroid dienone is 1. The number of carbonyl (C=O) groups excluding carboxylic acids is 1. The van der Waals surface area contributed by atoms with E-state index < -0.39 is 5.72 Å². The largest absolute Gasteiger partial charge is 0.462 e. The first kappa shape index (κ1) is 23.9. The molecule has 6 nitrogen and oxygen atoms in total. The minimum Gasteiger partial charge on any atom is -0.462 e. The van der Waals surface area contributed by atoms with E-state index in [1.165, 1.54) is 19.8 Å². The van der Waals surface area contributed by atoms with Gasteiger partial charge in [0.2, 0.25) is 0 Å². The SMILES string of the molecule is CC(=O)O[C@@H]1CC[C@@]2(C)C(=CC[C@H]3[C@H]2CC[C@]2(C)[C@@H]4[C@H](C[C@@H]32)O[C@]2(CC[C@H](C)CN2N=O)[C@@H]4C)C1. The molecule has 0 aromatic rings. The Hall–Kier alpha value is -1.43. The van der Waals surface area contributed by atoms with Crippen molar-refractivity contribution in [3.05, 3.63) is 16.6 Å². The number of hydrogen-bond donors (Lipinski definition) is 0. The number of hydrogen-bond acceptors (Lipinski definition) is 5. The molecule has 3 saturated carbocycles. The predicted octanol–water partition coefficient (Wildman–Crippen LogP) is 6.25. The second kappa shape index (κ2) is 8.03. The normalized spacial score (nSPS) is 52.7. The van der Waals surface area contributed by atoms with Crippen LogP contribution >= 0.6 is 0 Å². The van der Waals surface area contributed by atoms with Gasteiger partial charge in [-0.25, -0.2) is 5.01 Å². The number of fused-ring (bicyclic) bond motifs is 7. The molecule has 6 heteroatoms. The van der Waals surface area contributed by atoms with Crippen LogP contribution in [0.25, 0.3) is 0 Å². The molecule has 2 saturated heterocycles. The fourth-order valence-electron chi connectivity index (χ4n) is 10.5. The van der Waals surface area contributed by atoms with E-state index >= 15 is 0 Å². The first-order valence-electron chi connectivity index (χ1n) is 14.3. The van der Waals surface area contributed by atoms with Crippen LogP contribution in [0.1, 0.15) is 92.4 Å². The van der Waals surface area contributed by atoms with E-state index in [0.717, 1.165) is 51.5 Å². The lowest BCUT2D eigenvalue weighted by atomic mass is 9.46. The van der Waals surface area contributed by atoms with Crippen LogP contribution in [0.3, 0.4) is 0 Å². The fourth-order valence-corrected chi connectivity index (χ4v) is 10.5. The van der Waals surface area contributed by atoms with Gasteiger partial charge in [0.25, 0.3) is 0 Å². The molecule has 0 amide bonds. The van der Waals surface area contributed by atoms with Gasteiger partial charge in [-0.15, -0.1) is 4.91 Å². The zero-order valence-corrected chi connectivity index (χ0v) is 22.3. The molecule has 2 aliphatic heterocycles. The average molecular weight is 485 g/mol. The lowest BCUT2D eigenvalue weighted by molar-refractivity contribution is -0.196. The van der Waals surface area contributed by atoms with E-state index in [2.05, 4.69) is 39.1 Å². The molecule has 35 heavy (non-hydrogen) atoms. The number of nitroso groups, excluding NO2 is 1. The van der Waals surface area contributed by atoms with Gasteiger partial charge >= 0.3 is 5.97 Å². The Bertz CT molecular complexity index is 936. The lowest BCUT2D eigenvalue weighted by Gasteiger charge is -2.58. The first-order valence-corrected chi connectivity index (χ1v) is 14.3. The lowest BCUT2D eigenvalue weighted by Crippen LogP contribution is -2.57. The van der Waals surface area contributed by atoms with E-state index in [1.807, 2.05) is 0 Å². The van der Waals surface area contributed by atoms with Crippen LogP contribution in [0, 0.1) is 51.2 Å². The molecule has 0 aromatic carbocycles. The summed E-state index contributed by atoms with van der Waals surface area (Å²) in [5.74, 6) is 3.27. The molecule has 1 spiro atoms. The summed E-state index contributed by atoms with van der Waals surface area (Å²) in [7, 11) is 0. The summed E-state index contributed by atoms with van der Waals surface area (Å²) in [5.41, 5.74) is 1.56. The maximum absolute atomic E-state index is 11.9. The first-order chi connectivity index (χ1) is 16.6. The van der Waals surface area contributed by atoms with Crippen LogP contribution < -0.4 is 0 Å². The Morgan fingerprint density at radius 1 is 1.14 bits per heavy atom. The summed E-state index contributed by atoms with van der Waals surface area (Å²) < 4.78 is 12.6. The summed E-state index contributed by atoms with van der Waals surface area (Å²) in [6, 6.07) is 0. The Morgan fingerprint density at radius 3 is 2.69 bits per heavy atom. The molecule has 0 N–H and O–H groups in total. The second-order valence-electron chi connectivity index (χ2n) is 13.6. The van der Waals surface area contributed by atoms with Gasteiger partial charge in [0.05, 0.1) is 11.4 Å². The zero-order chi connectivity index (χ0) is 24.8. The summed E-state index contributed by atoms with van der Waals surface area (Å²) in [5, 5.41) is 5.28. The minimum atomic E-state index is -0.491.